The summed E-state index contributed by atoms with van der Waals surface area (Å²) >= 11 is 0. The van der Waals surface area contributed by atoms with Gasteiger partial charge in [-0.2, -0.15) is 0 Å². The molecule has 5 nitrogen and oxygen atoms in total. The average Bonchev–Trinajstić information content (AvgIpc) is 2.77. The zero-order valence-corrected chi connectivity index (χ0v) is 16.9. The van der Waals surface area contributed by atoms with Gasteiger partial charge < -0.3 is 15.4 Å². The van der Waals surface area contributed by atoms with E-state index in [-0.39, 0.29) is 13.0 Å². The van der Waals surface area contributed by atoms with Crippen LogP contribution in [0.25, 0.3) is 0 Å². The molecule has 0 spiro atoms. The maximum absolute atomic E-state index is 13.7. The summed E-state index contributed by atoms with van der Waals surface area (Å²) in [7, 11) is 1.53. The Morgan fingerprint density at radius 3 is 2.26 bits per heavy atom. The molecule has 1 unspecified atom stereocenters. The van der Waals surface area contributed by atoms with Crippen LogP contribution in [-0.4, -0.2) is 25.5 Å². The maximum Gasteiger partial charge on any atom is 0.251 e. The maximum atomic E-state index is 13.7. The smallest absolute Gasteiger partial charge is 0.251 e. The van der Waals surface area contributed by atoms with E-state index < -0.39 is 29.5 Å². The second kappa shape index (κ2) is 10.3. The van der Waals surface area contributed by atoms with Gasteiger partial charge in [0.05, 0.1) is 19.7 Å². The molecule has 0 heterocycles. The predicted octanol–water partition coefficient (Wildman–Crippen LogP) is 3.80. The molecule has 0 saturated heterocycles. The molecule has 31 heavy (non-hydrogen) atoms. The molecule has 0 aromatic heterocycles. The van der Waals surface area contributed by atoms with Crippen molar-refractivity contribution >= 4 is 11.8 Å². The van der Waals surface area contributed by atoms with Crippen molar-refractivity contribution < 1.29 is 23.1 Å². The molecule has 160 valence electrons. The zero-order chi connectivity index (χ0) is 22.2. The molecule has 7 heteroatoms. The largest absolute Gasteiger partial charge is 0.497 e. The summed E-state index contributed by atoms with van der Waals surface area (Å²) in [5.41, 5.74) is 1.57. The van der Waals surface area contributed by atoms with Crippen LogP contribution in [0, 0.1) is 11.6 Å². The van der Waals surface area contributed by atoms with Crippen molar-refractivity contribution in [2.24, 2.45) is 0 Å². The number of benzene rings is 3. The predicted molar refractivity (Wildman–Crippen MR) is 113 cm³/mol. The van der Waals surface area contributed by atoms with Gasteiger partial charge in [-0.1, -0.05) is 24.3 Å². The Morgan fingerprint density at radius 1 is 0.935 bits per heavy atom. The van der Waals surface area contributed by atoms with Gasteiger partial charge in [0, 0.05) is 5.56 Å². The molecule has 3 aromatic carbocycles. The van der Waals surface area contributed by atoms with Crippen molar-refractivity contribution in [2.45, 2.75) is 12.5 Å². The molecule has 0 saturated carbocycles. The van der Waals surface area contributed by atoms with Gasteiger partial charge in [-0.05, 0) is 66.1 Å². The van der Waals surface area contributed by atoms with E-state index in [1.54, 1.807) is 48.5 Å². The molecule has 2 amide bonds. The van der Waals surface area contributed by atoms with Crippen LogP contribution in [-0.2, 0) is 11.2 Å². The van der Waals surface area contributed by atoms with Gasteiger partial charge in [-0.25, -0.2) is 8.78 Å². The van der Waals surface area contributed by atoms with Crippen molar-refractivity contribution in [3.63, 3.8) is 0 Å². The fraction of sp³-hybridized carbons (Fsp3) is 0.167. The molecular weight excluding hydrogens is 402 g/mol. The van der Waals surface area contributed by atoms with E-state index in [2.05, 4.69) is 10.6 Å². The third-order valence-corrected chi connectivity index (χ3v) is 4.68. The third-order valence-electron chi connectivity index (χ3n) is 4.68. The summed E-state index contributed by atoms with van der Waals surface area (Å²) in [6, 6.07) is 17.7. The summed E-state index contributed by atoms with van der Waals surface area (Å²) in [5, 5.41) is 5.34. The lowest BCUT2D eigenvalue weighted by Gasteiger charge is -2.20. The number of hydrogen-bond donors (Lipinski definition) is 2. The van der Waals surface area contributed by atoms with Crippen molar-refractivity contribution in [1.29, 1.82) is 0 Å². The van der Waals surface area contributed by atoms with Gasteiger partial charge >= 0.3 is 0 Å². The fourth-order valence-electron chi connectivity index (χ4n) is 3.13. The fourth-order valence-corrected chi connectivity index (χ4v) is 3.13. The number of halogens is 2. The van der Waals surface area contributed by atoms with E-state index in [0.717, 1.165) is 0 Å². The highest BCUT2D eigenvalue weighted by Crippen LogP contribution is 2.20. The van der Waals surface area contributed by atoms with Crippen LogP contribution in [0.2, 0.25) is 0 Å². The second-order valence-electron chi connectivity index (χ2n) is 6.92. The molecule has 0 aliphatic carbocycles. The normalized spacial score (nSPS) is 11.5. The first-order valence-corrected chi connectivity index (χ1v) is 9.66. The van der Waals surface area contributed by atoms with E-state index >= 15 is 0 Å². The number of amides is 2. The van der Waals surface area contributed by atoms with E-state index in [4.69, 9.17) is 4.74 Å². The molecule has 0 radical (unpaired) electrons. The van der Waals surface area contributed by atoms with Gasteiger partial charge in [0.1, 0.15) is 17.4 Å². The lowest BCUT2D eigenvalue weighted by Crippen LogP contribution is -2.39. The SMILES string of the molecule is COc1ccc(C(=O)NCC(=O)NC(Cc2cccc(F)c2)c2cccc(F)c2)cc1. The van der Waals surface area contributed by atoms with E-state index in [1.807, 2.05) is 0 Å². The Bertz CT molecular complexity index is 1050. The molecule has 3 aromatic rings. The summed E-state index contributed by atoms with van der Waals surface area (Å²) < 4.78 is 32.3. The van der Waals surface area contributed by atoms with Gasteiger partial charge in [0.2, 0.25) is 5.91 Å². The van der Waals surface area contributed by atoms with Crippen LogP contribution >= 0.6 is 0 Å². The van der Waals surface area contributed by atoms with Crippen LogP contribution in [0.15, 0.2) is 72.8 Å². The van der Waals surface area contributed by atoms with E-state index in [1.165, 1.54) is 31.4 Å². The monoisotopic (exact) mass is 424 g/mol. The molecule has 0 bridgehead atoms. The average molecular weight is 424 g/mol. The summed E-state index contributed by atoms with van der Waals surface area (Å²) in [6.07, 6.45) is 0.263. The highest BCUT2D eigenvalue weighted by molar-refractivity contribution is 5.96. The van der Waals surface area contributed by atoms with Gasteiger partial charge in [-0.3, -0.25) is 9.59 Å². The number of methoxy groups -OCH3 is 1. The van der Waals surface area contributed by atoms with Crippen LogP contribution in [0.4, 0.5) is 8.78 Å². The first kappa shape index (κ1) is 22.0. The minimum atomic E-state index is -0.595. The van der Waals surface area contributed by atoms with Gasteiger partial charge in [-0.15, -0.1) is 0 Å². The van der Waals surface area contributed by atoms with Crippen molar-refractivity contribution in [3.05, 3.63) is 101 Å². The summed E-state index contributed by atoms with van der Waals surface area (Å²) in [5.74, 6) is -1.08. The van der Waals surface area contributed by atoms with E-state index in [9.17, 15) is 18.4 Å². The van der Waals surface area contributed by atoms with Gasteiger partial charge in [0.15, 0.2) is 0 Å². The Hall–Kier alpha value is -3.74. The Balaban J connectivity index is 1.66. The number of hydrogen-bond acceptors (Lipinski definition) is 3. The van der Waals surface area contributed by atoms with Crippen LogP contribution in [0.3, 0.4) is 0 Å². The first-order chi connectivity index (χ1) is 14.9. The Kier molecular flexibility index (Phi) is 7.32. The minimum Gasteiger partial charge on any atom is -0.497 e. The Labute approximate surface area is 179 Å². The molecule has 0 fully saturated rings. The van der Waals surface area contributed by atoms with Crippen molar-refractivity contribution in [1.82, 2.24) is 10.6 Å². The first-order valence-electron chi connectivity index (χ1n) is 9.66. The standard InChI is InChI=1S/C24H22F2N2O3/c1-31-21-10-8-17(9-11-21)24(30)27-15-23(29)28-22(18-5-3-7-20(26)14-18)13-16-4-2-6-19(25)12-16/h2-12,14,22H,13,15H2,1H3,(H,27,30)(H,28,29). The molecule has 0 aliphatic heterocycles. The third kappa shape index (κ3) is 6.37. The van der Waals surface area contributed by atoms with Crippen molar-refractivity contribution in [3.8, 4) is 5.75 Å². The quantitative estimate of drug-likeness (QED) is 0.578. The van der Waals surface area contributed by atoms with Crippen molar-refractivity contribution in [2.75, 3.05) is 13.7 Å². The molecule has 0 aliphatic rings. The highest BCUT2D eigenvalue weighted by atomic mass is 19.1. The number of rotatable bonds is 8. The number of carbonyl (C=O) groups is 2. The number of ether oxygens (including phenoxy) is 1. The lowest BCUT2D eigenvalue weighted by molar-refractivity contribution is -0.120. The highest BCUT2D eigenvalue weighted by Gasteiger charge is 2.17. The number of nitrogens with one attached hydrogen (secondary N) is 2. The van der Waals surface area contributed by atoms with Crippen LogP contribution in [0.5, 0.6) is 5.75 Å². The van der Waals surface area contributed by atoms with Gasteiger partial charge in [0.25, 0.3) is 5.91 Å². The molecule has 2 N–H and O–H groups in total. The van der Waals surface area contributed by atoms with Crippen LogP contribution < -0.4 is 15.4 Å². The lowest BCUT2D eigenvalue weighted by atomic mass is 9.98. The van der Waals surface area contributed by atoms with E-state index in [0.29, 0.717) is 22.4 Å². The number of carbonyl (C=O) groups excluding carboxylic acids is 2. The Morgan fingerprint density at radius 2 is 1.61 bits per heavy atom. The zero-order valence-electron chi connectivity index (χ0n) is 16.9. The molecule has 3 rings (SSSR count). The summed E-state index contributed by atoms with van der Waals surface area (Å²) in [6.45, 7) is -0.264. The topological polar surface area (TPSA) is 67.4 Å². The second-order valence-corrected chi connectivity index (χ2v) is 6.92. The van der Waals surface area contributed by atoms with Crippen LogP contribution in [0.1, 0.15) is 27.5 Å². The molecular formula is C24H22F2N2O3. The minimum absolute atomic E-state index is 0.263. The molecule has 1 atom stereocenters. The summed E-state index contributed by atoms with van der Waals surface area (Å²) in [4.78, 5) is 24.7.